The number of carbonyl (C=O) groups is 1. The van der Waals surface area contributed by atoms with E-state index in [2.05, 4.69) is 0 Å². The molecule has 41 valence electrons. The highest BCUT2D eigenvalue weighted by Gasteiger charge is 1.91. The third kappa shape index (κ3) is 3.50. The van der Waals surface area contributed by atoms with Crippen LogP contribution in [0.15, 0.2) is 0 Å². The van der Waals surface area contributed by atoms with Gasteiger partial charge in [-0.15, -0.1) is 0 Å². The van der Waals surface area contributed by atoms with Crippen LogP contribution in [0.2, 0.25) is 0 Å². The lowest BCUT2D eigenvalue weighted by atomic mass is 10.2. The fraction of sp³-hybridized carbons (Fsp3) is 0.667. The van der Waals surface area contributed by atoms with Gasteiger partial charge < -0.3 is 0 Å². The van der Waals surface area contributed by atoms with Crippen molar-refractivity contribution < 1.29 is 4.79 Å². The molecule has 0 saturated carbocycles. The minimum absolute atomic E-state index is 0.322. The second-order valence-electron chi connectivity index (χ2n) is 1.50. The van der Waals surface area contributed by atoms with E-state index in [-0.39, 0.29) is 0 Å². The lowest BCUT2D eigenvalue weighted by Crippen LogP contribution is -1.91. The lowest BCUT2D eigenvalue weighted by molar-refractivity contribution is -0.118. The van der Waals surface area contributed by atoms with Gasteiger partial charge in [0.25, 0.3) is 0 Å². The highest BCUT2D eigenvalue weighted by Crippen LogP contribution is 1.89. The maximum atomic E-state index is 10.4. The molecule has 0 heterocycles. The van der Waals surface area contributed by atoms with Crippen molar-refractivity contribution in [2.75, 3.05) is 0 Å². The normalized spacial score (nSPS) is 8.86. The van der Waals surface area contributed by atoms with E-state index in [1.54, 1.807) is 0 Å². The Hall–Kier alpha value is -0.330. The molecule has 7 heavy (non-hydrogen) atoms. The van der Waals surface area contributed by atoms with E-state index < -0.39 is 0 Å². The van der Waals surface area contributed by atoms with Gasteiger partial charge >= 0.3 is 0 Å². The van der Waals surface area contributed by atoms with Crippen molar-refractivity contribution in [1.82, 2.24) is 0 Å². The van der Waals surface area contributed by atoms with Crippen LogP contribution >= 0.6 is 0 Å². The molecule has 0 amide bonds. The van der Waals surface area contributed by atoms with Crippen molar-refractivity contribution in [3.05, 3.63) is 6.42 Å². The van der Waals surface area contributed by atoms with Crippen LogP contribution in [0.1, 0.15) is 26.7 Å². The number of hydrogen-bond acceptors (Lipinski definition) is 1. The summed E-state index contributed by atoms with van der Waals surface area (Å²) >= 11 is 0. The summed E-state index contributed by atoms with van der Waals surface area (Å²) in [5, 5.41) is 0. The molecule has 1 nitrogen and oxygen atoms in total. The van der Waals surface area contributed by atoms with Crippen LogP contribution in [0, 0.1) is 6.42 Å². The minimum Gasteiger partial charge on any atom is -0.300 e. The quantitative estimate of drug-likeness (QED) is 0.525. The molecule has 0 aromatic rings. The lowest BCUT2D eigenvalue weighted by Gasteiger charge is -1.86. The zero-order valence-corrected chi connectivity index (χ0v) is 4.90. The zero-order chi connectivity index (χ0) is 5.70. The van der Waals surface area contributed by atoms with E-state index in [0.717, 1.165) is 0 Å². The van der Waals surface area contributed by atoms with Crippen molar-refractivity contribution >= 4 is 5.78 Å². The molecule has 1 radical (unpaired) electrons. The number of ketones is 1. The van der Waals surface area contributed by atoms with Gasteiger partial charge in [-0.05, 0) is 6.42 Å². The first-order valence-electron chi connectivity index (χ1n) is 2.60. The Balaban J connectivity index is 3.00. The maximum Gasteiger partial charge on any atom is 0.132 e. The number of carbonyl (C=O) groups excluding carboxylic acids is 1. The van der Waals surface area contributed by atoms with Crippen LogP contribution in [0.4, 0.5) is 0 Å². The molecule has 0 aromatic heterocycles. The SMILES string of the molecule is C[CH]CC(=O)CC. The van der Waals surface area contributed by atoms with Gasteiger partial charge in [0.1, 0.15) is 5.78 Å². The predicted octanol–water partition coefficient (Wildman–Crippen LogP) is 1.58. The largest absolute Gasteiger partial charge is 0.300 e. The number of Topliss-reactive ketones (excluding diaryl/α,β-unsaturated/α-hetero) is 1. The van der Waals surface area contributed by atoms with Crippen LogP contribution in [0.25, 0.3) is 0 Å². The van der Waals surface area contributed by atoms with Gasteiger partial charge in [0.05, 0.1) is 0 Å². The summed E-state index contributed by atoms with van der Waals surface area (Å²) in [7, 11) is 0. The van der Waals surface area contributed by atoms with Crippen LogP contribution < -0.4 is 0 Å². The smallest absolute Gasteiger partial charge is 0.132 e. The summed E-state index contributed by atoms with van der Waals surface area (Å²) in [5.74, 6) is 0.322. The van der Waals surface area contributed by atoms with Crippen molar-refractivity contribution in [1.29, 1.82) is 0 Å². The summed E-state index contributed by atoms with van der Waals surface area (Å²) in [5.41, 5.74) is 0. The van der Waals surface area contributed by atoms with Gasteiger partial charge in [0, 0.05) is 12.8 Å². The molecule has 0 aromatic carbocycles. The highest BCUT2D eigenvalue weighted by molar-refractivity contribution is 5.78. The van der Waals surface area contributed by atoms with Gasteiger partial charge in [-0.3, -0.25) is 4.79 Å². The summed E-state index contributed by atoms with van der Waals surface area (Å²) in [6.07, 6.45) is 3.19. The molecule has 0 rings (SSSR count). The van der Waals surface area contributed by atoms with E-state index >= 15 is 0 Å². The van der Waals surface area contributed by atoms with Gasteiger partial charge in [-0.25, -0.2) is 0 Å². The van der Waals surface area contributed by atoms with Gasteiger partial charge in [-0.1, -0.05) is 13.8 Å². The van der Waals surface area contributed by atoms with Crippen LogP contribution in [0.3, 0.4) is 0 Å². The highest BCUT2D eigenvalue weighted by atomic mass is 16.1. The first kappa shape index (κ1) is 6.67. The minimum atomic E-state index is 0.322. The van der Waals surface area contributed by atoms with Crippen LogP contribution in [0.5, 0.6) is 0 Å². The van der Waals surface area contributed by atoms with Crippen molar-refractivity contribution in [2.24, 2.45) is 0 Å². The molecular formula is C6H11O. The van der Waals surface area contributed by atoms with E-state index in [1.165, 1.54) is 0 Å². The average molecular weight is 99.2 g/mol. The van der Waals surface area contributed by atoms with Crippen LogP contribution in [-0.2, 0) is 4.79 Å². The van der Waals surface area contributed by atoms with Crippen LogP contribution in [-0.4, -0.2) is 5.78 Å². The molecule has 0 aliphatic carbocycles. The Labute approximate surface area is 44.7 Å². The second-order valence-corrected chi connectivity index (χ2v) is 1.50. The fourth-order valence-corrected chi connectivity index (χ4v) is 0.372. The number of hydrogen-bond donors (Lipinski definition) is 0. The molecular weight excluding hydrogens is 88.1 g/mol. The summed E-state index contributed by atoms with van der Waals surface area (Å²) in [6, 6.07) is 0. The molecule has 0 spiro atoms. The predicted molar refractivity (Wildman–Crippen MR) is 29.9 cm³/mol. The molecule has 0 saturated heterocycles. The maximum absolute atomic E-state index is 10.4. The Morgan fingerprint density at radius 2 is 2.29 bits per heavy atom. The standard InChI is InChI=1S/C6H11O/c1-3-5-6(7)4-2/h3H,4-5H2,1-2H3. The van der Waals surface area contributed by atoms with E-state index in [0.29, 0.717) is 18.6 Å². The molecule has 0 aliphatic heterocycles. The monoisotopic (exact) mass is 99.1 g/mol. The van der Waals surface area contributed by atoms with Crippen molar-refractivity contribution in [3.8, 4) is 0 Å². The fourth-order valence-electron chi connectivity index (χ4n) is 0.372. The van der Waals surface area contributed by atoms with E-state index in [1.807, 2.05) is 20.3 Å². The molecule has 1 heteroatoms. The summed E-state index contributed by atoms with van der Waals surface area (Å²) in [4.78, 5) is 10.4. The Kier molecular flexibility index (Phi) is 3.67. The third-order valence-electron chi connectivity index (χ3n) is 0.826. The van der Waals surface area contributed by atoms with Gasteiger partial charge in [0.15, 0.2) is 0 Å². The first-order valence-corrected chi connectivity index (χ1v) is 2.60. The zero-order valence-electron chi connectivity index (χ0n) is 4.90. The Morgan fingerprint density at radius 3 is 2.43 bits per heavy atom. The van der Waals surface area contributed by atoms with E-state index in [9.17, 15) is 4.79 Å². The average Bonchev–Trinajstić information content (AvgIpc) is 1.68. The Morgan fingerprint density at radius 1 is 1.71 bits per heavy atom. The molecule has 0 unspecified atom stereocenters. The summed E-state index contributed by atoms with van der Waals surface area (Å²) in [6.45, 7) is 3.78. The van der Waals surface area contributed by atoms with Crippen molar-refractivity contribution in [3.63, 3.8) is 0 Å². The molecule has 0 aliphatic rings. The van der Waals surface area contributed by atoms with Crippen molar-refractivity contribution in [2.45, 2.75) is 26.7 Å². The molecule has 0 atom stereocenters. The number of rotatable bonds is 3. The third-order valence-corrected chi connectivity index (χ3v) is 0.826. The molecule has 0 N–H and O–H groups in total. The summed E-state index contributed by atoms with van der Waals surface area (Å²) < 4.78 is 0. The molecule has 0 bridgehead atoms. The first-order chi connectivity index (χ1) is 3.31. The second kappa shape index (κ2) is 3.85. The molecule has 0 fully saturated rings. The van der Waals surface area contributed by atoms with Gasteiger partial charge in [0.2, 0.25) is 0 Å². The Bertz CT molecular complexity index is 57.2. The topological polar surface area (TPSA) is 17.1 Å². The van der Waals surface area contributed by atoms with E-state index in [4.69, 9.17) is 0 Å². The van der Waals surface area contributed by atoms with Gasteiger partial charge in [-0.2, -0.15) is 0 Å².